The van der Waals surface area contributed by atoms with Crippen molar-refractivity contribution >= 4 is 17.6 Å². The summed E-state index contributed by atoms with van der Waals surface area (Å²) in [6, 6.07) is 2.30. The summed E-state index contributed by atoms with van der Waals surface area (Å²) < 4.78 is 19.7. The fourth-order valence-electron chi connectivity index (χ4n) is 4.23. The molecule has 1 aliphatic rings. The number of carbonyl (C=O) groups excluding carboxylic acids is 2. The van der Waals surface area contributed by atoms with Crippen LogP contribution in [-0.2, 0) is 9.53 Å². The van der Waals surface area contributed by atoms with E-state index in [9.17, 15) is 14.0 Å². The SMILES string of the molecule is CCCC(C(=O)Nc1c(C)cc(F)cc1C(=O)OCC)[N+]1(CC)CCCC1. The number of halogens is 1. The Hall–Kier alpha value is -1.95. The van der Waals surface area contributed by atoms with Crippen molar-refractivity contribution in [3.05, 3.63) is 29.1 Å². The summed E-state index contributed by atoms with van der Waals surface area (Å²) in [5.41, 5.74) is 0.947. The smallest absolute Gasteiger partial charge is 0.340 e. The number of ether oxygens (including phenoxy) is 1. The molecule has 0 aliphatic carbocycles. The van der Waals surface area contributed by atoms with Crippen LogP contribution in [0.25, 0.3) is 0 Å². The van der Waals surface area contributed by atoms with Gasteiger partial charge in [0.05, 0.1) is 37.5 Å². The van der Waals surface area contributed by atoms with Crippen LogP contribution >= 0.6 is 0 Å². The molecule has 1 heterocycles. The predicted octanol–water partition coefficient (Wildman–Crippen LogP) is 4.05. The molecule has 0 saturated carbocycles. The first-order chi connectivity index (χ1) is 12.9. The van der Waals surface area contributed by atoms with E-state index in [2.05, 4.69) is 19.2 Å². The van der Waals surface area contributed by atoms with E-state index in [1.165, 1.54) is 6.07 Å². The lowest BCUT2D eigenvalue weighted by Crippen LogP contribution is -2.58. The van der Waals surface area contributed by atoms with E-state index in [1.54, 1.807) is 13.8 Å². The maximum absolute atomic E-state index is 13.9. The zero-order valence-corrected chi connectivity index (χ0v) is 16.9. The van der Waals surface area contributed by atoms with Gasteiger partial charge in [0.2, 0.25) is 0 Å². The van der Waals surface area contributed by atoms with Gasteiger partial charge in [-0.3, -0.25) is 4.79 Å². The first kappa shape index (κ1) is 21.4. The number of likely N-dealkylation sites (N-methyl/N-ethyl adjacent to an activating group) is 1. The maximum Gasteiger partial charge on any atom is 0.340 e. The first-order valence-electron chi connectivity index (χ1n) is 10.0. The molecule has 1 saturated heterocycles. The molecule has 1 atom stereocenters. The van der Waals surface area contributed by atoms with Gasteiger partial charge in [-0.1, -0.05) is 6.92 Å². The minimum Gasteiger partial charge on any atom is -0.462 e. The normalized spacial score (nSPS) is 16.8. The molecule has 0 aromatic heterocycles. The molecule has 1 aliphatic heterocycles. The van der Waals surface area contributed by atoms with Gasteiger partial charge in [0, 0.05) is 19.3 Å². The second-order valence-electron chi connectivity index (χ2n) is 7.35. The lowest BCUT2D eigenvalue weighted by atomic mass is 10.0. The summed E-state index contributed by atoms with van der Waals surface area (Å²) in [6.07, 6.45) is 3.95. The molecule has 1 N–H and O–H groups in total. The van der Waals surface area contributed by atoms with Crippen molar-refractivity contribution in [2.24, 2.45) is 0 Å². The highest BCUT2D eigenvalue weighted by atomic mass is 19.1. The van der Waals surface area contributed by atoms with Crippen LogP contribution in [0.1, 0.15) is 62.4 Å². The number of amides is 1. The molecule has 1 unspecified atom stereocenters. The van der Waals surface area contributed by atoms with E-state index in [0.717, 1.165) is 55.9 Å². The Morgan fingerprint density at radius 1 is 1.22 bits per heavy atom. The average molecular weight is 379 g/mol. The van der Waals surface area contributed by atoms with Gasteiger partial charge in [0.15, 0.2) is 6.04 Å². The highest BCUT2D eigenvalue weighted by Gasteiger charge is 2.42. The molecule has 1 aromatic rings. The Labute approximate surface area is 161 Å². The molecule has 1 amide bonds. The first-order valence-corrected chi connectivity index (χ1v) is 10.0. The van der Waals surface area contributed by atoms with E-state index >= 15 is 0 Å². The van der Waals surface area contributed by atoms with Crippen LogP contribution in [0.3, 0.4) is 0 Å². The molecule has 6 heteroatoms. The van der Waals surface area contributed by atoms with E-state index in [-0.39, 0.29) is 24.1 Å². The Morgan fingerprint density at radius 3 is 2.44 bits per heavy atom. The molecule has 27 heavy (non-hydrogen) atoms. The highest BCUT2D eigenvalue weighted by molar-refractivity contribution is 6.03. The van der Waals surface area contributed by atoms with Crippen LogP contribution in [0.2, 0.25) is 0 Å². The molecule has 150 valence electrons. The summed E-state index contributed by atoms with van der Waals surface area (Å²) in [5, 5.41) is 2.94. The Bertz CT molecular complexity index is 684. The summed E-state index contributed by atoms with van der Waals surface area (Å²) >= 11 is 0. The van der Waals surface area contributed by atoms with Crippen molar-refractivity contribution < 1.29 is 23.2 Å². The van der Waals surface area contributed by atoms with Crippen LogP contribution in [0.5, 0.6) is 0 Å². The molecule has 0 bridgehead atoms. The summed E-state index contributed by atoms with van der Waals surface area (Å²) in [4.78, 5) is 25.5. The predicted molar refractivity (Wildman–Crippen MR) is 104 cm³/mol. The van der Waals surface area contributed by atoms with E-state index in [0.29, 0.717) is 11.3 Å². The fourth-order valence-corrected chi connectivity index (χ4v) is 4.23. The van der Waals surface area contributed by atoms with Gasteiger partial charge in [0.1, 0.15) is 5.82 Å². The molecule has 1 aromatic carbocycles. The maximum atomic E-state index is 13.9. The lowest BCUT2D eigenvalue weighted by Gasteiger charge is -2.40. The highest BCUT2D eigenvalue weighted by Crippen LogP contribution is 2.29. The standard InChI is InChI=1S/C21H31FN2O3/c1-5-10-18(24(6-2)11-8-9-12-24)20(25)23-19-15(4)13-16(22)14-17(19)21(26)27-7-3/h13-14,18H,5-12H2,1-4H3/p+1. The van der Waals surface area contributed by atoms with Gasteiger partial charge in [-0.2, -0.15) is 0 Å². The van der Waals surface area contributed by atoms with Crippen molar-refractivity contribution in [1.82, 2.24) is 0 Å². The number of nitrogens with one attached hydrogen (secondary N) is 1. The van der Waals surface area contributed by atoms with Crippen molar-refractivity contribution in [3.8, 4) is 0 Å². The number of anilines is 1. The van der Waals surface area contributed by atoms with E-state index in [4.69, 9.17) is 4.74 Å². The number of esters is 1. The number of hydrogen-bond acceptors (Lipinski definition) is 3. The summed E-state index contributed by atoms with van der Waals surface area (Å²) in [5.74, 6) is -1.24. The summed E-state index contributed by atoms with van der Waals surface area (Å²) in [6.45, 7) is 10.7. The Morgan fingerprint density at radius 2 is 1.89 bits per heavy atom. The average Bonchev–Trinajstić information content (AvgIpc) is 3.11. The number of nitrogens with zero attached hydrogens (tertiary/aromatic N) is 1. The third-order valence-corrected chi connectivity index (χ3v) is 5.66. The van der Waals surface area contributed by atoms with Crippen LogP contribution < -0.4 is 5.32 Å². The minimum absolute atomic E-state index is 0.0717. The molecule has 2 rings (SSSR count). The quantitative estimate of drug-likeness (QED) is 0.548. The Kier molecular flexibility index (Phi) is 7.36. The molecule has 1 fully saturated rings. The van der Waals surface area contributed by atoms with Crippen molar-refractivity contribution in [2.45, 2.75) is 59.4 Å². The second kappa shape index (κ2) is 9.31. The summed E-state index contributed by atoms with van der Waals surface area (Å²) in [7, 11) is 0. The van der Waals surface area contributed by atoms with Gasteiger partial charge >= 0.3 is 5.97 Å². The number of carbonyl (C=O) groups is 2. The van der Waals surface area contributed by atoms with Gasteiger partial charge in [-0.05, 0) is 44.9 Å². The number of rotatable bonds is 8. The van der Waals surface area contributed by atoms with Crippen molar-refractivity contribution in [2.75, 3.05) is 31.6 Å². The minimum atomic E-state index is -0.622. The zero-order valence-electron chi connectivity index (χ0n) is 16.9. The molecule has 0 radical (unpaired) electrons. The van der Waals surface area contributed by atoms with Crippen LogP contribution in [-0.4, -0.2) is 48.6 Å². The molecule has 5 nitrogen and oxygen atoms in total. The van der Waals surface area contributed by atoms with Crippen molar-refractivity contribution in [1.29, 1.82) is 0 Å². The molecular formula is C21H32FN2O3+. The number of quaternary nitrogens is 1. The van der Waals surface area contributed by atoms with Crippen LogP contribution in [0.4, 0.5) is 10.1 Å². The van der Waals surface area contributed by atoms with Gasteiger partial charge in [0.25, 0.3) is 5.91 Å². The van der Waals surface area contributed by atoms with Gasteiger partial charge in [-0.15, -0.1) is 0 Å². The number of aryl methyl sites for hydroxylation is 1. The van der Waals surface area contributed by atoms with E-state index in [1.807, 2.05) is 0 Å². The zero-order chi connectivity index (χ0) is 20.0. The van der Waals surface area contributed by atoms with E-state index < -0.39 is 11.8 Å². The lowest BCUT2D eigenvalue weighted by molar-refractivity contribution is -0.930. The fraction of sp³-hybridized carbons (Fsp3) is 0.619. The molecule has 0 spiro atoms. The van der Waals surface area contributed by atoms with Crippen LogP contribution in [0.15, 0.2) is 12.1 Å². The number of hydrogen-bond donors (Lipinski definition) is 1. The number of benzene rings is 1. The van der Waals surface area contributed by atoms with Gasteiger partial charge in [-0.25, -0.2) is 9.18 Å². The topological polar surface area (TPSA) is 55.4 Å². The van der Waals surface area contributed by atoms with Gasteiger partial charge < -0.3 is 14.5 Å². The monoisotopic (exact) mass is 379 g/mol. The largest absolute Gasteiger partial charge is 0.462 e. The van der Waals surface area contributed by atoms with Crippen molar-refractivity contribution in [3.63, 3.8) is 0 Å². The third kappa shape index (κ3) is 4.67. The Balaban J connectivity index is 2.36. The second-order valence-corrected chi connectivity index (χ2v) is 7.35. The number of likely N-dealkylation sites (tertiary alicyclic amines) is 1. The third-order valence-electron chi connectivity index (χ3n) is 5.66. The van der Waals surface area contributed by atoms with Crippen LogP contribution in [0, 0.1) is 12.7 Å². The molecular weight excluding hydrogens is 347 g/mol.